The first-order valence-corrected chi connectivity index (χ1v) is 12.7. The zero-order chi connectivity index (χ0) is 24.7. The summed E-state index contributed by atoms with van der Waals surface area (Å²) in [5, 5.41) is 1.12. The summed E-state index contributed by atoms with van der Waals surface area (Å²) in [7, 11) is 0. The van der Waals surface area contributed by atoms with Gasteiger partial charge < -0.3 is 9.47 Å². The van der Waals surface area contributed by atoms with E-state index in [0.717, 1.165) is 33.3 Å². The van der Waals surface area contributed by atoms with Gasteiger partial charge in [0, 0.05) is 15.6 Å². The van der Waals surface area contributed by atoms with Crippen molar-refractivity contribution >= 4 is 56.6 Å². The normalized spacial score (nSPS) is 12.1. The Morgan fingerprint density at radius 3 is 2.57 bits per heavy atom. The van der Waals surface area contributed by atoms with Gasteiger partial charge in [-0.3, -0.25) is 4.79 Å². The van der Waals surface area contributed by atoms with Gasteiger partial charge in [0.05, 0.1) is 22.2 Å². The molecule has 0 unspecified atom stereocenters. The van der Waals surface area contributed by atoms with E-state index in [4.69, 9.17) is 32.7 Å². The molecule has 5 rings (SSSR count). The zero-order valence-corrected chi connectivity index (χ0v) is 21.7. The van der Waals surface area contributed by atoms with Crippen LogP contribution in [0.25, 0.3) is 22.1 Å². The lowest BCUT2D eigenvalue weighted by Gasteiger charge is -2.13. The Morgan fingerprint density at radius 2 is 1.80 bits per heavy atom. The molecule has 178 valence electrons. The predicted molar refractivity (Wildman–Crippen MR) is 144 cm³/mol. The summed E-state index contributed by atoms with van der Waals surface area (Å²) in [5.74, 6) is 1.19. The Hall–Kier alpha value is -3.06. The first-order valence-electron chi connectivity index (χ1n) is 11.1. The molecule has 35 heavy (non-hydrogen) atoms. The highest BCUT2D eigenvalue weighted by Gasteiger charge is 2.13. The lowest BCUT2D eigenvalue weighted by Crippen LogP contribution is -2.22. The molecule has 5 aromatic rings. The summed E-state index contributed by atoms with van der Waals surface area (Å²) < 4.78 is 14.1. The van der Waals surface area contributed by atoms with Crippen molar-refractivity contribution in [1.82, 2.24) is 9.38 Å². The molecule has 0 radical (unpaired) electrons. The molecule has 0 atom stereocenters. The topological polar surface area (TPSA) is 52.8 Å². The van der Waals surface area contributed by atoms with E-state index in [9.17, 15) is 4.79 Å². The molecule has 0 amide bonds. The van der Waals surface area contributed by atoms with Crippen molar-refractivity contribution in [1.29, 1.82) is 0 Å². The van der Waals surface area contributed by atoms with Crippen LogP contribution in [0.3, 0.4) is 0 Å². The van der Waals surface area contributed by atoms with Crippen molar-refractivity contribution in [2.45, 2.75) is 27.4 Å². The van der Waals surface area contributed by atoms with E-state index < -0.39 is 0 Å². The lowest BCUT2D eigenvalue weighted by atomic mass is 10.1. The Labute approximate surface area is 216 Å². The SMILES string of the molecule is CCOc1cc(C=c2sc3nc4cc(C)c(C)cc4n3c2=O)ccc1OCc1ccc(Cl)cc1Cl. The van der Waals surface area contributed by atoms with Crippen molar-refractivity contribution in [2.24, 2.45) is 0 Å². The summed E-state index contributed by atoms with van der Waals surface area (Å²) in [6, 6.07) is 15.0. The lowest BCUT2D eigenvalue weighted by molar-refractivity contribution is 0.269. The van der Waals surface area contributed by atoms with Crippen molar-refractivity contribution in [3.63, 3.8) is 0 Å². The summed E-state index contributed by atoms with van der Waals surface area (Å²) in [5.41, 5.74) is 5.55. The van der Waals surface area contributed by atoms with E-state index in [2.05, 4.69) is 4.98 Å². The number of halogens is 2. The average Bonchev–Trinajstić information content (AvgIpc) is 3.30. The molecule has 0 aliphatic heterocycles. The number of aromatic nitrogens is 2. The molecule has 8 heteroatoms. The van der Waals surface area contributed by atoms with Gasteiger partial charge in [-0.15, -0.1) is 0 Å². The number of fused-ring (bicyclic) bond motifs is 3. The van der Waals surface area contributed by atoms with E-state index in [1.807, 2.05) is 63.2 Å². The summed E-state index contributed by atoms with van der Waals surface area (Å²) >= 11 is 13.6. The van der Waals surface area contributed by atoms with Gasteiger partial charge in [-0.2, -0.15) is 0 Å². The van der Waals surface area contributed by atoms with Gasteiger partial charge >= 0.3 is 0 Å². The Balaban J connectivity index is 1.49. The Morgan fingerprint density at radius 1 is 1.00 bits per heavy atom. The monoisotopic (exact) mass is 524 g/mol. The molecule has 0 saturated carbocycles. The molecule has 0 saturated heterocycles. The molecular weight excluding hydrogens is 503 g/mol. The zero-order valence-electron chi connectivity index (χ0n) is 19.4. The van der Waals surface area contributed by atoms with Crippen LogP contribution in [0, 0.1) is 13.8 Å². The smallest absolute Gasteiger partial charge is 0.274 e. The third-order valence-electron chi connectivity index (χ3n) is 5.82. The third kappa shape index (κ3) is 4.61. The van der Waals surface area contributed by atoms with E-state index in [-0.39, 0.29) is 12.2 Å². The fraction of sp³-hybridized carbons (Fsp3) is 0.185. The number of imidazole rings is 1. The van der Waals surface area contributed by atoms with Gasteiger partial charge in [-0.05, 0) is 79.9 Å². The summed E-state index contributed by atoms with van der Waals surface area (Å²) in [6.07, 6.45) is 1.86. The molecule has 0 N–H and O–H groups in total. The Bertz CT molecular complexity index is 1690. The van der Waals surface area contributed by atoms with E-state index in [0.29, 0.717) is 37.6 Å². The molecule has 0 aliphatic carbocycles. The maximum Gasteiger partial charge on any atom is 0.274 e. The largest absolute Gasteiger partial charge is 0.490 e. The van der Waals surface area contributed by atoms with E-state index >= 15 is 0 Å². The van der Waals surface area contributed by atoms with Crippen molar-refractivity contribution in [3.8, 4) is 11.5 Å². The molecule has 0 fully saturated rings. The van der Waals surface area contributed by atoms with Gasteiger partial charge in [0.15, 0.2) is 16.5 Å². The first-order chi connectivity index (χ1) is 16.8. The maximum absolute atomic E-state index is 13.2. The van der Waals surface area contributed by atoms with Crippen LogP contribution in [0.5, 0.6) is 11.5 Å². The predicted octanol–water partition coefficient (Wildman–Crippen LogP) is 6.36. The molecule has 2 heterocycles. The molecular formula is C27H22Cl2N2O3S. The number of thiazole rings is 1. The van der Waals surface area contributed by atoms with E-state index in [1.165, 1.54) is 11.3 Å². The summed E-state index contributed by atoms with van der Waals surface area (Å²) in [4.78, 5) is 18.6. The van der Waals surface area contributed by atoms with Gasteiger partial charge in [-0.25, -0.2) is 9.38 Å². The Kier molecular flexibility index (Phi) is 6.45. The number of nitrogens with zero attached hydrogens (tertiary/aromatic N) is 2. The standard InChI is InChI=1S/C27H22Cl2N2O3S/c1-4-33-24-11-17(5-8-23(24)34-14-18-6-7-19(28)13-20(18)29)12-25-26(32)31-22-10-16(3)15(2)9-21(22)30-27(31)35-25/h5-13H,4,14H2,1-3H3. The number of benzene rings is 3. The second-order valence-corrected chi connectivity index (χ2v) is 10.1. The van der Waals surface area contributed by atoms with Crippen LogP contribution in [0.15, 0.2) is 53.3 Å². The van der Waals surface area contributed by atoms with Gasteiger partial charge in [0.1, 0.15) is 6.61 Å². The number of ether oxygens (including phenoxy) is 2. The molecule has 2 aromatic heterocycles. The number of hydrogen-bond acceptors (Lipinski definition) is 5. The quantitative estimate of drug-likeness (QED) is 0.259. The minimum absolute atomic E-state index is 0.0774. The summed E-state index contributed by atoms with van der Waals surface area (Å²) in [6.45, 7) is 6.75. The van der Waals surface area contributed by atoms with Crippen LogP contribution in [-0.4, -0.2) is 16.0 Å². The fourth-order valence-electron chi connectivity index (χ4n) is 3.87. The number of rotatable bonds is 6. The van der Waals surface area contributed by atoms with Gasteiger partial charge in [0.25, 0.3) is 5.56 Å². The van der Waals surface area contributed by atoms with Crippen LogP contribution in [-0.2, 0) is 6.61 Å². The average molecular weight is 525 g/mol. The number of hydrogen-bond donors (Lipinski definition) is 0. The van der Waals surface area contributed by atoms with Crippen LogP contribution in [0.2, 0.25) is 10.0 Å². The highest BCUT2D eigenvalue weighted by atomic mass is 35.5. The van der Waals surface area contributed by atoms with Crippen molar-refractivity contribution in [3.05, 3.63) is 95.7 Å². The minimum Gasteiger partial charge on any atom is -0.490 e. The third-order valence-corrected chi connectivity index (χ3v) is 7.37. The molecule has 5 nitrogen and oxygen atoms in total. The minimum atomic E-state index is -0.0774. The molecule has 0 spiro atoms. The van der Waals surface area contributed by atoms with E-state index in [1.54, 1.807) is 16.5 Å². The van der Waals surface area contributed by atoms with Crippen molar-refractivity contribution < 1.29 is 9.47 Å². The highest BCUT2D eigenvalue weighted by Crippen LogP contribution is 2.31. The van der Waals surface area contributed by atoms with Crippen LogP contribution in [0.4, 0.5) is 0 Å². The van der Waals surface area contributed by atoms with Crippen LogP contribution < -0.4 is 19.6 Å². The molecule has 0 bridgehead atoms. The fourth-order valence-corrected chi connectivity index (χ4v) is 5.32. The highest BCUT2D eigenvalue weighted by molar-refractivity contribution is 7.15. The molecule has 3 aromatic carbocycles. The maximum atomic E-state index is 13.2. The molecule has 0 aliphatic rings. The van der Waals surface area contributed by atoms with Gasteiger partial charge in [-0.1, -0.05) is 46.7 Å². The van der Waals surface area contributed by atoms with Crippen LogP contribution in [0.1, 0.15) is 29.2 Å². The van der Waals surface area contributed by atoms with Crippen LogP contribution >= 0.6 is 34.5 Å². The van der Waals surface area contributed by atoms with Crippen molar-refractivity contribution in [2.75, 3.05) is 6.61 Å². The first kappa shape index (κ1) is 23.7. The second kappa shape index (κ2) is 9.53. The van der Waals surface area contributed by atoms with Gasteiger partial charge in [0.2, 0.25) is 0 Å². The second-order valence-electron chi connectivity index (χ2n) is 8.23. The number of aryl methyl sites for hydroxylation is 2.